The Hall–Kier alpha value is -1.88. The molecule has 8 nitrogen and oxygen atoms in total. The predicted octanol–water partition coefficient (Wildman–Crippen LogP) is 2.08. The Labute approximate surface area is 255 Å². The van der Waals surface area contributed by atoms with E-state index in [-0.39, 0.29) is 0 Å². The van der Waals surface area contributed by atoms with Gasteiger partial charge in [0.05, 0.1) is 0 Å². The summed E-state index contributed by atoms with van der Waals surface area (Å²) < 4.78 is 0. The minimum Gasteiger partial charge on any atom is -0.315 e. The average molecular weight is 579 g/mol. The van der Waals surface area contributed by atoms with Crippen LogP contribution in [0.3, 0.4) is 0 Å². The second kappa shape index (κ2) is 20.9. The minimum absolute atomic E-state index is 1.00. The summed E-state index contributed by atoms with van der Waals surface area (Å²) in [5.41, 5.74) is 5.45. The Bertz CT molecular complexity index is 865. The van der Waals surface area contributed by atoms with Crippen LogP contribution in [0.5, 0.6) is 0 Å². The van der Waals surface area contributed by atoms with Gasteiger partial charge in [-0.3, -0.25) is 9.80 Å². The molecule has 0 saturated carbocycles. The fraction of sp³-hybridized carbons (Fsp3) is 0.647. The topological polar surface area (TPSA) is 78.7 Å². The lowest BCUT2D eigenvalue weighted by atomic mass is 10.0. The molecule has 234 valence electrons. The first kappa shape index (κ1) is 33.0. The van der Waals surface area contributed by atoms with Gasteiger partial charge < -0.3 is 31.9 Å². The fourth-order valence-corrected chi connectivity index (χ4v) is 5.86. The first-order valence-electron chi connectivity index (χ1n) is 16.7. The standard InChI is InChI=1S/C34H58N8/c1-7-31(29-41-23-5-15-37-19-17-35-11-3-13-39-21-25-41)27-33(9-1)34-10-2-8-32(28-34)30-42-24-6-16-38-20-18-36-12-4-14-40-22-26-42/h1-2,7-10,27-28,35-40H,3-6,11-26,29-30H2. The van der Waals surface area contributed by atoms with Gasteiger partial charge in [-0.15, -0.1) is 0 Å². The maximum Gasteiger partial charge on any atom is 0.0234 e. The minimum atomic E-state index is 1.00. The molecule has 6 N–H and O–H groups in total. The highest BCUT2D eigenvalue weighted by Gasteiger charge is 2.10. The molecule has 0 radical (unpaired) electrons. The summed E-state index contributed by atoms with van der Waals surface area (Å²) in [5, 5.41) is 21.5. The van der Waals surface area contributed by atoms with Gasteiger partial charge in [-0.25, -0.2) is 0 Å². The number of benzene rings is 2. The molecule has 2 aromatic carbocycles. The second-order valence-corrected chi connectivity index (χ2v) is 11.9. The SMILES string of the molecule is c1cc(CN2CCCNCCNCCCNCC2)cc(-c2cccc(CN3CCCNCCNCCCNCC3)c2)c1. The highest BCUT2D eigenvalue weighted by Crippen LogP contribution is 2.23. The summed E-state index contributed by atoms with van der Waals surface area (Å²) in [6, 6.07) is 18.5. The van der Waals surface area contributed by atoms with Gasteiger partial charge in [0.1, 0.15) is 0 Å². The van der Waals surface area contributed by atoms with Crippen LogP contribution >= 0.6 is 0 Å². The van der Waals surface area contributed by atoms with E-state index in [4.69, 9.17) is 0 Å². The third-order valence-corrected chi connectivity index (χ3v) is 8.24. The molecule has 2 fully saturated rings. The summed E-state index contributed by atoms with van der Waals surface area (Å²) >= 11 is 0. The van der Waals surface area contributed by atoms with Crippen LogP contribution in [-0.2, 0) is 13.1 Å². The summed E-state index contributed by atoms with van der Waals surface area (Å²) in [5.74, 6) is 0. The molecule has 2 saturated heterocycles. The lowest BCUT2D eigenvalue weighted by Crippen LogP contribution is -2.36. The van der Waals surface area contributed by atoms with Crippen LogP contribution in [0.4, 0.5) is 0 Å². The Morgan fingerprint density at radius 3 is 1.21 bits per heavy atom. The molecule has 0 aliphatic carbocycles. The molecule has 2 aliphatic heterocycles. The molecule has 2 aliphatic rings. The van der Waals surface area contributed by atoms with E-state index >= 15 is 0 Å². The normalized spacial score (nSPS) is 21.2. The fourth-order valence-electron chi connectivity index (χ4n) is 5.86. The van der Waals surface area contributed by atoms with Crippen molar-refractivity contribution in [1.82, 2.24) is 41.7 Å². The van der Waals surface area contributed by atoms with Crippen molar-refractivity contribution in [1.29, 1.82) is 0 Å². The molecule has 0 amide bonds. The molecule has 2 heterocycles. The van der Waals surface area contributed by atoms with Gasteiger partial charge in [0.25, 0.3) is 0 Å². The Morgan fingerprint density at radius 1 is 0.405 bits per heavy atom. The number of hydrogen-bond donors (Lipinski definition) is 6. The van der Waals surface area contributed by atoms with Crippen LogP contribution in [0.25, 0.3) is 11.1 Å². The summed E-state index contributed by atoms with van der Waals surface area (Å²) in [6.45, 7) is 19.3. The maximum atomic E-state index is 3.65. The van der Waals surface area contributed by atoms with Gasteiger partial charge in [-0.05, 0) is 112 Å². The first-order valence-corrected chi connectivity index (χ1v) is 16.7. The predicted molar refractivity (Wildman–Crippen MR) is 178 cm³/mol. The van der Waals surface area contributed by atoms with E-state index in [0.717, 1.165) is 118 Å². The van der Waals surface area contributed by atoms with Gasteiger partial charge >= 0.3 is 0 Å². The van der Waals surface area contributed by atoms with Gasteiger partial charge in [0.2, 0.25) is 0 Å². The third-order valence-electron chi connectivity index (χ3n) is 8.24. The Morgan fingerprint density at radius 2 is 0.786 bits per heavy atom. The summed E-state index contributed by atoms with van der Waals surface area (Å²) in [6.07, 6.45) is 4.73. The van der Waals surface area contributed by atoms with E-state index in [2.05, 4.69) is 90.2 Å². The van der Waals surface area contributed by atoms with Crippen LogP contribution in [0.2, 0.25) is 0 Å². The Balaban J connectivity index is 1.34. The molecule has 2 aromatic rings. The number of rotatable bonds is 5. The number of hydrogen-bond acceptors (Lipinski definition) is 8. The number of nitrogens with zero attached hydrogens (tertiary/aromatic N) is 2. The van der Waals surface area contributed by atoms with E-state index in [1.165, 1.54) is 47.9 Å². The van der Waals surface area contributed by atoms with E-state index < -0.39 is 0 Å². The van der Waals surface area contributed by atoms with Crippen molar-refractivity contribution in [2.24, 2.45) is 0 Å². The van der Waals surface area contributed by atoms with Crippen molar-refractivity contribution < 1.29 is 0 Å². The zero-order valence-electron chi connectivity index (χ0n) is 26.1. The molecule has 42 heavy (non-hydrogen) atoms. The number of nitrogens with one attached hydrogen (secondary N) is 6. The molecule has 0 spiro atoms. The van der Waals surface area contributed by atoms with Gasteiger partial charge in [-0.1, -0.05) is 36.4 Å². The van der Waals surface area contributed by atoms with E-state index in [1.54, 1.807) is 0 Å². The van der Waals surface area contributed by atoms with Gasteiger partial charge in [-0.2, -0.15) is 0 Å². The molecule has 0 atom stereocenters. The average Bonchev–Trinajstić information content (AvgIpc) is 3.01. The van der Waals surface area contributed by atoms with Crippen molar-refractivity contribution in [3.63, 3.8) is 0 Å². The highest BCUT2D eigenvalue weighted by atomic mass is 15.1. The largest absolute Gasteiger partial charge is 0.315 e. The van der Waals surface area contributed by atoms with Crippen LogP contribution in [-0.4, -0.2) is 115 Å². The zero-order chi connectivity index (χ0) is 28.9. The van der Waals surface area contributed by atoms with Crippen LogP contribution < -0.4 is 31.9 Å². The first-order chi connectivity index (χ1) is 20.9. The zero-order valence-corrected chi connectivity index (χ0v) is 26.1. The monoisotopic (exact) mass is 578 g/mol. The molecular formula is C34H58N8. The van der Waals surface area contributed by atoms with Crippen molar-refractivity contribution in [2.75, 3.05) is 105 Å². The van der Waals surface area contributed by atoms with E-state index in [0.29, 0.717) is 0 Å². The second-order valence-electron chi connectivity index (χ2n) is 11.9. The summed E-state index contributed by atoms with van der Waals surface area (Å²) in [4.78, 5) is 5.24. The van der Waals surface area contributed by atoms with E-state index in [9.17, 15) is 0 Å². The molecule has 0 aromatic heterocycles. The van der Waals surface area contributed by atoms with Crippen LogP contribution in [0, 0.1) is 0 Å². The quantitative estimate of drug-likeness (QED) is 0.322. The lowest BCUT2D eigenvalue weighted by molar-refractivity contribution is 0.260. The van der Waals surface area contributed by atoms with Crippen LogP contribution in [0.15, 0.2) is 48.5 Å². The van der Waals surface area contributed by atoms with E-state index in [1.807, 2.05) is 0 Å². The lowest BCUT2D eigenvalue weighted by Gasteiger charge is -2.24. The molecule has 0 unspecified atom stereocenters. The van der Waals surface area contributed by atoms with Gasteiger partial charge in [0, 0.05) is 65.4 Å². The van der Waals surface area contributed by atoms with Crippen molar-refractivity contribution >= 4 is 0 Å². The molecule has 0 bridgehead atoms. The van der Waals surface area contributed by atoms with Gasteiger partial charge in [0.15, 0.2) is 0 Å². The van der Waals surface area contributed by atoms with Crippen LogP contribution in [0.1, 0.15) is 36.8 Å². The molecular weight excluding hydrogens is 520 g/mol. The van der Waals surface area contributed by atoms with Crippen molar-refractivity contribution in [3.05, 3.63) is 59.7 Å². The van der Waals surface area contributed by atoms with Crippen molar-refractivity contribution in [2.45, 2.75) is 38.8 Å². The molecule has 8 heteroatoms. The highest BCUT2D eigenvalue weighted by molar-refractivity contribution is 5.65. The third kappa shape index (κ3) is 13.6. The smallest absolute Gasteiger partial charge is 0.0234 e. The summed E-state index contributed by atoms with van der Waals surface area (Å²) in [7, 11) is 0. The van der Waals surface area contributed by atoms with Crippen molar-refractivity contribution in [3.8, 4) is 11.1 Å². The Kier molecular flexibility index (Phi) is 16.5. The molecule has 4 rings (SSSR count). The maximum absolute atomic E-state index is 3.65.